The molecule has 1 aromatic carbocycles. The van der Waals surface area contributed by atoms with Crippen LogP contribution in [0.4, 0.5) is 4.79 Å². The van der Waals surface area contributed by atoms with Crippen LogP contribution in [0.5, 0.6) is 0 Å². The first-order valence-electron chi connectivity index (χ1n) is 10.6. The van der Waals surface area contributed by atoms with E-state index in [4.69, 9.17) is 5.10 Å². The van der Waals surface area contributed by atoms with Crippen molar-refractivity contribution in [2.45, 2.75) is 37.6 Å². The van der Waals surface area contributed by atoms with Gasteiger partial charge in [-0.3, -0.25) is 19.8 Å². The molecule has 3 aliphatic rings. The molecule has 1 spiro atoms. The topological polar surface area (TPSA) is 80.1 Å². The van der Waals surface area contributed by atoms with Crippen molar-refractivity contribution in [3.63, 3.8) is 0 Å². The quantitative estimate of drug-likeness (QED) is 0.716. The molecule has 0 radical (unpaired) electrons. The molecule has 152 valence electrons. The van der Waals surface area contributed by atoms with Gasteiger partial charge in [0.25, 0.3) is 0 Å². The molecule has 6 rings (SSSR count). The fourth-order valence-electron chi connectivity index (χ4n) is 4.91. The van der Waals surface area contributed by atoms with Gasteiger partial charge in [0.2, 0.25) is 5.91 Å². The van der Waals surface area contributed by atoms with Crippen LogP contribution >= 0.6 is 0 Å². The summed E-state index contributed by atoms with van der Waals surface area (Å²) in [6, 6.07) is 12.1. The van der Waals surface area contributed by atoms with Gasteiger partial charge in [0.1, 0.15) is 0 Å². The second-order valence-corrected chi connectivity index (χ2v) is 8.83. The van der Waals surface area contributed by atoms with Crippen LogP contribution in [0.1, 0.15) is 31.4 Å². The summed E-state index contributed by atoms with van der Waals surface area (Å²) in [7, 11) is 0. The van der Waals surface area contributed by atoms with E-state index in [2.05, 4.69) is 33.2 Å². The second kappa shape index (κ2) is 6.39. The van der Waals surface area contributed by atoms with Crippen LogP contribution < -0.4 is 5.32 Å². The number of urea groups is 1. The molecule has 2 fully saturated rings. The number of para-hydroxylation sites is 1. The largest absolute Gasteiger partial charge is 0.324 e. The van der Waals surface area contributed by atoms with Crippen LogP contribution in [0.3, 0.4) is 0 Å². The smallest absolute Gasteiger partial charge is 0.323 e. The minimum absolute atomic E-state index is 0.0385. The first-order chi connectivity index (χ1) is 14.6. The summed E-state index contributed by atoms with van der Waals surface area (Å²) in [4.78, 5) is 30.9. The van der Waals surface area contributed by atoms with Crippen molar-refractivity contribution in [2.24, 2.45) is 5.92 Å². The highest BCUT2D eigenvalue weighted by Crippen LogP contribution is 2.44. The lowest BCUT2D eigenvalue weighted by Crippen LogP contribution is -2.43. The van der Waals surface area contributed by atoms with Crippen molar-refractivity contribution < 1.29 is 9.59 Å². The molecule has 4 heterocycles. The summed E-state index contributed by atoms with van der Waals surface area (Å²) in [6.45, 7) is 2.16. The van der Waals surface area contributed by atoms with Crippen LogP contribution in [0, 0.1) is 5.92 Å². The van der Waals surface area contributed by atoms with Gasteiger partial charge in [0.05, 0.1) is 11.2 Å². The zero-order valence-corrected chi connectivity index (χ0v) is 16.7. The fraction of sp³-hybridized carbons (Fsp3) is 0.391. The number of rotatable bonds is 2. The Bertz CT molecular complexity index is 1180. The maximum atomic E-state index is 12.6. The first kappa shape index (κ1) is 17.6. The number of hydrogen-bond acceptors (Lipinski definition) is 4. The summed E-state index contributed by atoms with van der Waals surface area (Å²) < 4.78 is 2.08. The number of pyridine rings is 1. The van der Waals surface area contributed by atoms with E-state index in [9.17, 15) is 9.59 Å². The molecule has 1 saturated heterocycles. The van der Waals surface area contributed by atoms with Gasteiger partial charge >= 0.3 is 6.03 Å². The average molecular weight is 401 g/mol. The monoisotopic (exact) mass is 401 g/mol. The maximum Gasteiger partial charge on any atom is 0.324 e. The average Bonchev–Trinajstić information content (AvgIpc) is 3.25. The van der Waals surface area contributed by atoms with Crippen molar-refractivity contribution >= 4 is 22.8 Å². The number of hydrogen-bond donors (Lipinski definition) is 1. The fourth-order valence-corrected chi connectivity index (χ4v) is 4.91. The minimum Gasteiger partial charge on any atom is -0.323 e. The molecule has 2 aliphatic heterocycles. The molecular weight excluding hydrogens is 378 g/mol. The van der Waals surface area contributed by atoms with Crippen LogP contribution in [-0.2, 0) is 16.8 Å². The third-order valence-electron chi connectivity index (χ3n) is 6.83. The number of nitrogens with one attached hydrogen (secondary N) is 1. The molecule has 7 nitrogen and oxygen atoms in total. The number of amides is 3. The summed E-state index contributed by atoms with van der Waals surface area (Å²) in [6.07, 6.45) is 5.55. The van der Waals surface area contributed by atoms with Gasteiger partial charge < -0.3 is 4.90 Å². The Morgan fingerprint density at radius 3 is 2.80 bits per heavy atom. The summed E-state index contributed by atoms with van der Waals surface area (Å²) in [5.74, 6) is -0.0833. The van der Waals surface area contributed by atoms with Crippen molar-refractivity contribution in [3.05, 3.63) is 48.3 Å². The zero-order valence-electron chi connectivity index (χ0n) is 16.7. The van der Waals surface area contributed by atoms with E-state index in [-0.39, 0.29) is 23.3 Å². The molecule has 1 N–H and O–H groups in total. The number of aryl methyl sites for hydroxylation is 1. The van der Waals surface area contributed by atoms with Crippen LogP contribution in [0.2, 0.25) is 0 Å². The highest BCUT2D eigenvalue weighted by atomic mass is 16.2. The summed E-state index contributed by atoms with van der Waals surface area (Å²) in [5.41, 5.74) is 4.02. The third-order valence-corrected chi connectivity index (χ3v) is 6.83. The lowest BCUT2D eigenvalue weighted by atomic mass is 9.82. The van der Waals surface area contributed by atoms with Gasteiger partial charge in [-0.25, -0.2) is 4.79 Å². The molecule has 3 aromatic rings. The van der Waals surface area contributed by atoms with Gasteiger partial charge in [-0.05, 0) is 43.9 Å². The Kier molecular flexibility index (Phi) is 3.75. The van der Waals surface area contributed by atoms with E-state index in [1.165, 1.54) is 5.69 Å². The second-order valence-electron chi connectivity index (χ2n) is 8.83. The Morgan fingerprint density at radius 1 is 1.10 bits per heavy atom. The zero-order chi connectivity index (χ0) is 20.3. The van der Waals surface area contributed by atoms with Crippen molar-refractivity contribution in [1.82, 2.24) is 25.0 Å². The molecule has 30 heavy (non-hydrogen) atoms. The normalized spacial score (nSPS) is 22.6. The molecule has 3 amide bonds. The molecule has 1 atom stereocenters. The minimum atomic E-state index is -0.249. The van der Waals surface area contributed by atoms with E-state index in [0.29, 0.717) is 13.1 Å². The predicted octanol–water partition coefficient (Wildman–Crippen LogP) is 3.09. The van der Waals surface area contributed by atoms with Crippen LogP contribution in [0.15, 0.2) is 42.6 Å². The van der Waals surface area contributed by atoms with Gasteiger partial charge in [-0.2, -0.15) is 5.10 Å². The molecule has 7 heteroatoms. The number of carbonyl (C=O) groups excluding carboxylic acids is 2. The number of imide groups is 1. The van der Waals surface area contributed by atoms with Gasteiger partial charge in [0.15, 0.2) is 0 Å². The van der Waals surface area contributed by atoms with Crippen molar-refractivity contribution in [1.29, 1.82) is 0 Å². The lowest BCUT2D eigenvalue weighted by molar-refractivity contribution is -0.121. The molecule has 0 bridgehead atoms. The molecule has 2 aromatic heterocycles. The Balaban J connectivity index is 1.25. The predicted molar refractivity (Wildman–Crippen MR) is 112 cm³/mol. The first-order valence-corrected chi connectivity index (χ1v) is 10.6. The summed E-state index contributed by atoms with van der Waals surface area (Å²) in [5, 5.41) is 8.52. The van der Waals surface area contributed by atoms with E-state index in [1.54, 1.807) is 4.90 Å². The Labute approximate surface area is 174 Å². The van der Waals surface area contributed by atoms with Crippen LogP contribution in [0.25, 0.3) is 22.2 Å². The SMILES string of the molecule is O=C(NC(=O)N1CCC2(CCn3nc(-c4cnc5ccccc5c4)cc32)C1)C1CC1. The molecular formula is C23H23N5O2. The van der Waals surface area contributed by atoms with E-state index in [0.717, 1.165) is 54.4 Å². The third kappa shape index (κ3) is 2.80. The number of likely N-dealkylation sites (tertiary alicyclic amines) is 1. The Hall–Kier alpha value is -3.22. The summed E-state index contributed by atoms with van der Waals surface area (Å²) >= 11 is 0. The molecule has 1 unspecified atom stereocenters. The maximum absolute atomic E-state index is 12.6. The lowest BCUT2D eigenvalue weighted by Gasteiger charge is -2.23. The number of carbonyl (C=O) groups is 2. The highest BCUT2D eigenvalue weighted by Gasteiger charge is 2.47. The van der Waals surface area contributed by atoms with Crippen molar-refractivity contribution in [2.75, 3.05) is 13.1 Å². The van der Waals surface area contributed by atoms with E-state index < -0.39 is 0 Å². The van der Waals surface area contributed by atoms with Gasteiger partial charge in [0, 0.05) is 53.8 Å². The Morgan fingerprint density at radius 2 is 1.93 bits per heavy atom. The van der Waals surface area contributed by atoms with E-state index >= 15 is 0 Å². The van der Waals surface area contributed by atoms with E-state index in [1.807, 2.05) is 24.4 Å². The number of nitrogens with zero attached hydrogens (tertiary/aromatic N) is 4. The standard InChI is InChI=1S/C23H23N5O2/c29-21(15-5-6-15)25-22(30)27-9-7-23(14-27)8-10-28-20(23)12-19(26-28)17-11-16-3-1-2-4-18(16)24-13-17/h1-4,11-13,15H,5-10,14H2,(H,25,29,30). The van der Waals surface area contributed by atoms with Gasteiger partial charge in [-0.1, -0.05) is 18.2 Å². The van der Waals surface area contributed by atoms with Gasteiger partial charge in [-0.15, -0.1) is 0 Å². The molecule has 1 saturated carbocycles. The van der Waals surface area contributed by atoms with Crippen LogP contribution in [-0.4, -0.2) is 44.7 Å². The highest BCUT2D eigenvalue weighted by molar-refractivity contribution is 5.96. The number of benzene rings is 1. The van der Waals surface area contributed by atoms with Crippen molar-refractivity contribution in [3.8, 4) is 11.3 Å². The number of aromatic nitrogens is 3. The number of fused-ring (bicyclic) bond motifs is 3. The molecule has 1 aliphatic carbocycles.